The third kappa shape index (κ3) is 8.41. The first-order valence-corrected chi connectivity index (χ1v) is 21.3. The van der Waals surface area contributed by atoms with E-state index in [4.69, 9.17) is 28.9 Å². The first kappa shape index (κ1) is 45.2. The van der Waals surface area contributed by atoms with Gasteiger partial charge in [0.25, 0.3) is 11.8 Å². The number of anilines is 2. The van der Waals surface area contributed by atoms with Gasteiger partial charge in [-0.25, -0.2) is 37.7 Å². The van der Waals surface area contributed by atoms with E-state index in [1.807, 2.05) is 4.90 Å². The molecule has 2 amide bonds. The van der Waals surface area contributed by atoms with Crippen molar-refractivity contribution in [2.45, 2.75) is 103 Å². The molecule has 10 heterocycles. The number of aliphatic hydroxyl groups excluding tert-OH is 1. The Morgan fingerprint density at radius 2 is 1.21 bits per heavy atom. The van der Waals surface area contributed by atoms with Crippen molar-refractivity contribution in [3.63, 3.8) is 0 Å². The fraction of sp³-hybridized carbons (Fsp3) is 0.455. The largest absolute Gasteiger partial charge is 0.483 e. The third-order valence-corrected chi connectivity index (χ3v) is 12.5. The molecule has 5 atom stereocenters. The highest BCUT2D eigenvalue weighted by Crippen LogP contribution is 2.44. The van der Waals surface area contributed by atoms with Crippen molar-refractivity contribution in [3.05, 3.63) is 83.2 Å². The van der Waals surface area contributed by atoms with Crippen molar-refractivity contribution < 1.29 is 52.6 Å². The summed E-state index contributed by atoms with van der Waals surface area (Å²) in [6.45, 7) is -0.710. The Bertz CT molecular complexity index is 2860. The first-order chi connectivity index (χ1) is 31.4. The Kier molecular flexibility index (Phi) is 11.9. The monoisotopic (exact) mass is 928 g/mol. The number of aromatic nitrogens is 8. The second kappa shape index (κ2) is 17.7. The summed E-state index contributed by atoms with van der Waals surface area (Å²) in [7, 11) is 0. The molecule has 2 fully saturated rings. The van der Waals surface area contributed by atoms with Crippen LogP contribution in [0, 0.1) is 11.6 Å². The number of carbonyl (C=O) groups excluding carboxylic acids is 2. The number of nitrogens with zero attached hydrogens (tertiary/aromatic N) is 10. The predicted octanol–water partition coefficient (Wildman–Crippen LogP) is 2.73. The van der Waals surface area contributed by atoms with Crippen LogP contribution in [0.3, 0.4) is 0 Å². The van der Waals surface area contributed by atoms with Crippen LogP contribution >= 0.6 is 0 Å². The Labute approximate surface area is 381 Å². The minimum Gasteiger partial charge on any atom is -0.483 e. The van der Waals surface area contributed by atoms with Gasteiger partial charge in [0.1, 0.15) is 54.3 Å². The van der Waals surface area contributed by atoms with Crippen LogP contribution in [-0.4, -0.2) is 129 Å². The molecule has 0 saturated heterocycles. The molecule has 21 nitrogen and oxygen atoms in total. The van der Waals surface area contributed by atoms with Crippen molar-refractivity contribution in [1.82, 2.24) is 49.8 Å². The second-order valence-electron chi connectivity index (χ2n) is 16.9. The maximum Gasteiger partial charge on any atom is 0.256 e. The first-order valence-electron chi connectivity index (χ1n) is 21.3. The molecule has 6 aromatic heterocycles. The fourth-order valence-corrected chi connectivity index (χ4v) is 9.38. The van der Waals surface area contributed by atoms with E-state index >= 15 is 0 Å². The van der Waals surface area contributed by atoms with Crippen molar-refractivity contribution in [2.75, 3.05) is 36.1 Å². The van der Waals surface area contributed by atoms with Crippen molar-refractivity contribution in [2.24, 2.45) is 0 Å². The van der Waals surface area contributed by atoms with E-state index in [-0.39, 0.29) is 76.2 Å². The average Bonchev–Trinajstić information content (AvgIpc) is 4.12. The lowest BCUT2D eigenvalue weighted by Gasteiger charge is -2.39. The molecule has 6 aromatic rings. The van der Waals surface area contributed by atoms with Crippen LogP contribution in [0.2, 0.25) is 0 Å². The van der Waals surface area contributed by atoms with Crippen LogP contribution in [0.25, 0.3) is 11.3 Å². The van der Waals surface area contributed by atoms with Gasteiger partial charge < -0.3 is 54.7 Å². The molecule has 6 aliphatic rings. The molecule has 0 unspecified atom stereocenters. The number of halogens is 2. The summed E-state index contributed by atoms with van der Waals surface area (Å²) in [6.07, 6.45) is 12.7. The Morgan fingerprint density at radius 3 is 1.75 bits per heavy atom. The van der Waals surface area contributed by atoms with E-state index in [1.165, 1.54) is 33.6 Å². The summed E-state index contributed by atoms with van der Waals surface area (Å²) in [5.41, 5.74) is 2.12. The summed E-state index contributed by atoms with van der Waals surface area (Å²) >= 11 is 0. The number of hydrogen-bond acceptors (Lipinski definition) is 17. The van der Waals surface area contributed by atoms with Gasteiger partial charge in [-0.15, -0.1) is 0 Å². The molecule has 67 heavy (non-hydrogen) atoms. The number of fused-ring (bicyclic) bond motifs is 6. The van der Waals surface area contributed by atoms with E-state index in [0.29, 0.717) is 57.7 Å². The molecule has 354 valence electrons. The van der Waals surface area contributed by atoms with E-state index in [2.05, 4.69) is 35.7 Å². The van der Waals surface area contributed by atoms with Crippen LogP contribution in [0.15, 0.2) is 49.3 Å². The second-order valence-corrected chi connectivity index (χ2v) is 16.9. The molecular weight excluding hydrogens is 879 g/mol. The number of nitrogens with one attached hydrogen (secondary N) is 2. The van der Waals surface area contributed by atoms with Gasteiger partial charge >= 0.3 is 0 Å². The number of aliphatic hydroxyl groups is 3. The maximum atomic E-state index is 14.1. The lowest BCUT2D eigenvalue weighted by molar-refractivity contribution is -0.176. The normalized spacial score (nSPS) is 23.6. The fourth-order valence-electron chi connectivity index (χ4n) is 9.38. The highest BCUT2D eigenvalue weighted by atomic mass is 19.1. The number of rotatable bonds is 0. The molecular formula is C44H50F2N12O9. The summed E-state index contributed by atoms with van der Waals surface area (Å²) < 4.78 is 55.0. The van der Waals surface area contributed by atoms with Gasteiger partial charge in [-0.2, -0.15) is 10.2 Å². The van der Waals surface area contributed by atoms with Gasteiger partial charge in [-0.1, -0.05) is 14.9 Å². The molecule has 4 aliphatic heterocycles. The number of ether oxygens (including phenoxy) is 4. The topological polar surface area (TPSA) is 248 Å². The average molecular weight is 929 g/mol. The summed E-state index contributed by atoms with van der Waals surface area (Å²) in [5.74, 6) is -1.87. The van der Waals surface area contributed by atoms with E-state index in [0.717, 1.165) is 50.9 Å². The Balaban J connectivity index is 0.000000163. The molecule has 12 rings (SSSR count). The van der Waals surface area contributed by atoms with Gasteiger partial charge in [0.2, 0.25) is 17.5 Å². The van der Waals surface area contributed by atoms with E-state index in [9.17, 15) is 33.7 Å². The zero-order valence-corrected chi connectivity index (χ0v) is 34.5. The highest BCUT2D eigenvalue weighted by Gasteiger charge is 2.43. The molecule has 2 saturated carbocycles. The van der Waals surface area contributed by atoms with Crippen LogP contribution in [0.5, 0.6) is 23.3 Å². The van der Waals surface area contributed by atoms with Crippen LogP contribution < -0.4 is 39.4 Å². The standard InChI is InChI=1S/C21H21FN6O5.C21H21FN6O4.2CH4/c22-12-4-11-7-27-14-2-1-3-15(14)33-16-8-28-17(26-18(16)27)13(6-25-28)19(29)24-9-21(30,31)10-32-20(11)23-5-12;22-12-4-11-8-27-15-2-1-3-16(15)32-17-9-28-18(26-19(17)27)14(7-25-28)20(30)23-6-13(29)10-31-21(11)24-5-12;;/h4-6,8,14-15,30-31H,1-3,7,9-10H2,(H,24,29);4-5,7,9,13,15-16,29H,1-3,6,8,10H2,(H,23,30);2*1H4/t14-,15+;13-,15+,16-;;/m10../s1. The van der Waals surface area contributed by atoms with Crippen LogP contribution in [0.1, 0.15) is 85.2 Å². The zero-order chi connectivity index (χ0) is 44.6. The number of β-amino-alcohol motifs (C(OH)–C–C–N with tert-alkyl or cyclic N) is 3. The number of pyridine rings is 2. The summed E-state index contributed by atoms with van der Waals surface area (Å²) in [4.78, 5) is 47.2. The summed E-state index contributed by atoms with van der Waals surface area (Å²) in [6, 6.07) is 2.75. The molecule has 5 N–H and O–H groups in total. The molecule has 0 spiro atoms. The Hall–Kier alpha value is -6.98. The number of amides is 2. The number of carbonyl (C=O) groups is 2. The van der Waals surface area contributed by atoms with Gasteiger partial charge in [0, 0.05) is 17.7 Å². The maximum absolute atomic E-state index is 14.1. The molecule has 0 aromatic carbocycles. The van der Waals surface area contributed by atoms with Crippen LogP contribution in [-0.2, 0) is 13.1 Å². The molecule has 2 aliphatic carbocycles. The van der Waals surface area contributed by atoms with Crippen molar-refractivity contribution in [1.29, 1.82) is 0 Å². The molecule has 0 radical (unpaired) electrons. The minimum absolute atomic E-state index is 0. The SMILES string of the molecule is C.C.O=C1NCC(O)(O)COc2ncc(F)cc2CN2c3nc4c1cnn4cc3O[C@H]1CCC[C@H]12.O=C1NC[C@H](O)COc2ncc(F)cc2CN2c3nc4c1cnn4cc3O[C@H]1CCC[C@H]12. The Morgan fingerprint density at radius 1 is 0.701 bits per heavy atom. The predicted molar refractivity (Wildman–Crippen MR) is 233 cm³/mol. The lowest BCUT2D eigenvalue weighted by atomic mass is 10.1. The van der Waals surface area contributed by atoms with Gasteiger partial charge in [0.05, 0.1) is 68.9 Å². The van der Waals surface area contributed by atoms with Gasteiger partial charge in [-0.3, -0.25) is 9.59 Å². The smallest absolute Gasteiger partial charge is 0.256 e. The highest BCUT2D eigenvalue weighted by molar-refractivity contribution is 6.00. The zero-order valence-electron chi connectivity index (χ0n) is 34.5. The van der Waals surface area contributed by atoms with Crippen LogP contribution in [0.4, 0.5) is 20.4 Å². The van der Waals surface area contributed by atoms with Crippen molar-refractivity contribution in [3.8, 4) is 23.3 Å². The molecule has 4 bridgehead atoms. The molecule has 23 heteroatoms. The van der Waals surface area contributed by atoms with Crippen molar-refractivity contribution >= 4 is 34.7 Å². The number of hydrogen-bond donors (Lipinski definition) is 5. The lowest BCUT2D eigenvalue weighted by Crippen LogP contribution is -2.48. The van der Waals surface area contributed by atoms with E-state index < -0.39 is 48.5 Å². The minimum atomic E-state index is -2.38. The van der Waals surface area contributed by atoms with E-state index in [1.54, 1.807) is 12.4 Å². The summed E-state index contributed by atoms with van der Waals surface area (Å²) in [5, 5.41) is 44.4. The van der Waals surface area contributed by atoms with Gasteiger partial charge in [-0.05, 0) is 50.7 Å². The quantitative estimate of drug-likeness (QED) is 0.137. The van der Waals surface area contributed by atoms with Gasteiger partial charge in [0.15, 0.2) is 34.4 Å². The third-order valence-electron chi connectivity index (χ3n) is 12.5.